The molecule has 15 heteroatoms. The van der Waals surface area contributed by atoms with Crippen LogP contribution in [0.2, 0.25) is 0 Å². The molecular formula is C30H28N6O9. The fraction of sp³-hybridized carbons (Fsp3) is 0.333. The van der Waals surface area contributed by atoms with E-state index in [9.17, 15) is 38.4 Å². The summed E-state index contributed by atoms with van der Waals surface area (Å²) in [7, 11) is 0. The van der Waals surface area contributed by atoms with Crippen LogP contribution in [0.4, 0.5) is 11.4 Å². The Morgan fingerprint density at radius 2 is 1.04 bits per heavy atom. The quantitative estimate of drug-likeness (QED) is 0.207. The van der Waals surface area contributed by atoms with Crippen molar-refractivity contribution in [3.05, 3.63) is 58.7 Å². The van der Waals surface area contributed by atoms with Crippen LogP contribution in [-0.2, 0) is 23.9 Å². The summed E-state index contributed by atoms with van der Waals surface area (Å²) >= 11 is 0. The van der Waals surface area contributed by atoms with Crippen LogP contribution in [0.15, 0.2) is 36.4 Å². The number of nitrogens with zero attached hydrogens (tertiary/aromatic N) is 2. The molecule has 0 spiro atoms. The van der Waals surface area contributed by atoms with Crippen molar-refractivity contribution in [3.8, 4) is 0 Å². The van der Waals surface area contributed by atoms with Gasteiger partial charge in [-0.05, 0) is 37.1 Å². The minimum Gasteiger partial charge on any atom is -0.382 e. The van der Waals surface area contributed by atoms with Crippen molar-refractivity contribution in [3.63, 3.8) is 0 Å². The Morgan fingerprint density at radius 1 is 0.622 bits per heavy atom. The fourth-order valence-electron chi connectivity index (χ4n) is 5.94. The van der Waals surface area contributed by atoms with E-state index in [0.717, 1.165) is 9.80 Å². The van der Waals surface area contributed by atoms with Gasteiger partial charge < -0.3 is 15.4 Å². The molecule has 0 bridgehead atoms. The van der Waals surface area contributed by atoms with E-state index in [0.29, 0.717) is 11.4 Å². The van der Waals surface area contributed by atoms with Crippen LogP contribution in [0.1, 0.15) is 67.1 Å². The van der Waals surface area contributed by atoms with Gasteiger partial charge in [-0.15, -0.1) is 0 Å². The topological polar surface area (TPSA) is 200 Å². The second-order valence-electron chi connectivity index (χ2n) is 10.8. The zero-order valence-corrected chi connectivity index (χ0v) is 23.8. The molecule has 4 heterocycles. The van der Waals surface area contributed by atoms with Crippen LogP contribution in [0.25, 0.3) is 0 Å². The zero-order chi connectivity index (χ0) is 31.8. The largest absolute Gasteiger partial charge is 0.382 e. The lowest BCUT2D eigenvalue weighted by molar-refractivity contribution is -0.137. The van der Waals surface area contributed by atoms with E-state index in [2.05, 4.69) is 21.3 Å². The van der Waals surface area contributed by atoms with Crippen molar-refractivity contribution >= 4 is 58.6 Å². The summed E-state index contributed by atoms with van der Waals surface area (Å²) in [6.07, 6.45) is 0.191. The number of benzene rings is 2. The number of piperidine rings is 2. The summed E-state index contributed by atoms with van der Waals surface area (Å²) in [5.74, 6) is -4.67. The third-order valence-corrected chi connectivity index (χ3v) is 8.06. The number of amides is 8. The second kappa shape index (κ2) is 11.9. The second-order valence-corrected chi connectivity index (χ2v) is 10.8. The van der Waals surface area contributed by atoms with Gasteiger partial charge in [0.05, 0.1) is 35.5 Å². The number of carbonyl (C=O) groups is 8. The van der Waals surface area contributed by atoms with E-state index in [1.807, 2.05) is 0 Å². The molecule has 2 aromatic carbocycles. The maximum atomic E-state index is 13.2. The number of rotatable bonds is 10. The van der Waals surface area contributed by atoms with Crippen molar-refractivity contribution in [2.75, 3.05) is 36.9 Å². The maximum absolute atomic E-state index is 13.2. The van der Waals surface area contributed by atoms with Crippen molar-refractivity contribution < 1.29 is 43.1 Å². The molecule has 2 atom stereocenters. The average molecular weight is 617 g/mol. The lowest BCUT2D eigenvalue weighted by Gasteiger charge is -2.27. The molecule has 0 radical (unpaired) electrons. The summed E-state index contributed by atoms with van der Waals surface area (Å²) in [6, 6.07) is 7.44. The molecule has 2 aromatic rings. The molecule has 2 fully saturated rings. The lowest BCUT2D eigenvalue weighted by atomic mass is 10.0. The summed E-state index contributed by atoms with van der Waals surface area (Å²) in [4.78, 5) is 102. The van der Waals surface area contributed by atoms with Gasteiger partial charge in [0.2, 0.25) is 23.6 Å². The van der Waals surface area contributed by atoms with Gasteiger partial charge >= 0.3 is 0 Å². The highest BCUT2D eigenvalue weighted by molar-refractivity contribution is 6.26. The Hall–Kier alpha value is -5.44. The number of imide groups is 4. The molecule has 4 N–H and O–H groups in total. The highest BCUT2D eigenvalue weighted by atomic mass is 16.5. The molecule has 4 aliphatic heterocycles. The van der Waals surface area contributed by atoms with Gasteiger partial charge in [-0.2, -0.15) is 0 Å². The monoisotopic (exact) mass is 616 g/mol. The average Bonchev–Trinajstić information content (AvgIpc) is 3.42. The van der Waals surface area contributed by atoms with E-state index >= 15 is 0 Å². The number of hydrogen-bond acceptors (Lipinski definition) is 11. The molecule has 2 unspecified atom stereocenters. The Balaban J connectivity index is 1.01. The van der Waals surface area contributed by atoms with Crippen LogP contribution < -0.4 is 21.3 Å². The number of hydrogen-bond donors (Lipinski definition) is 4. The Morgan fingerprint density at radius 3 is 1.44 bits per heavy atom. The van der Waals surface area contributed by atoms with Gasteiger partial charge in [-0.1, -0.05) is 12.1 Å². The molecule has 0 aliphatic carbocycles. The van der Waals surface area contributed by atoms with Gasteiger partial charge in [0.25, 0.3) is 23.6 Å². The summed E-state index contributed by atoms with van der Waals surface area (Å²) in [5, 5.41) is 10.5. The Labute approximate surface area is 255 Å². The van der Waals surface area contributed by atoms with Crippen LogP contribution in [0.3, 0.4) is 0 Å². The fourth-order valence-corrected chi connectivity index (χ4v) is 5.94. The minimum absolute atomic E-state index is 0.0309. The first kappa shape index (κ1) is 29.6. The van der Waals surface area contributed by atoms with E-state index < -0.39 is 59.3 Å². The molecule has 45 heavy (non-hydrogen) atoms. The molecule has 4 aliphatic rings. The molecule has 15 nitrogen and oxygen atoms in total. The summed E-state index contributed by atoms with van der Waals surface area (Å²) < 4.78 is 5.67. The summed E-state index contributed by atoms with van der Waals surface area (Å²) in [6.45, 7) is 1.01. The first-order valence-corrected chi connectivity index (χ1v) is 14.4. The van der Waals surface area contributed by atoms with Crippen molar-refractivity contribution in [1.82, 2.24) is 20.4 Å². The van der Waals surface area contributed by atoms with E-state index in [4.69, 9.17) is 4.74 Å². The van der Waals surface area contributed by atoms with Crippen molar-refractivity contribution in [1.29, 1.82) is 0 Å². The standard InChI is InChI=1S/C30H28N6O9/c37-21-9-7-19(25(39)33-21)35-27(41)15-3-1-5-17(23(15)29(35)43)31-11-13-45-14-12-32-18-6-2-4-16-24(18)30(44)36(28(16)42)20-8-10-22(38)34-26(20)40/h1-6,19-20,31-32H,7-14H2,(H,33,37,39)(H,34,38,40). The maximum Gasteiger partial charge on any atom is 0.264 e. The van der Waals surface area contributed by atoms with Gasteiger partial charge in [0.1, 0.15) is 12.1 Å². The van der Waals surface area contributed by atoms with Gasteiger partial charge in [0, 0.05) is 37.3 Å². The van der Waals surface area contributed by atoms with Crippen LogP contribution in [0.5, 0.6) is 0 Å². The molecule has 2 saturated heterocycles. The first-order chi connectivity index (χ1) is 21.7. The molecule has 0 saturated carbocycles. The normalized spacial score (nSPS) is 21.2. The van der Waals surface area contributed by atoms with Crippen LogP contribution in [0, 0.1) is 0 Å². The zero-order valence-electron chi connectivity index (χ0n) is 23.8. The molecule has 6 rings (SSSR count). The third-order valence-electron chi connectivity index (χ3n) is 8.06. The van der Waals surface area contributed by atoms with Crippen molar-refractivity contribution in [2.45, 2.75) is 37.8 Å². The lowest BCUT2D eigenvalue weighted by Crippen LogP contribution is -2.54. The molecular weight excluding hydrogens is 588 g/mol. The van der Waals surface area contributed by atoms with Crippen LogP contribution >= 0.6 is 0 Å². The van der Waals surface area contributed by atoms with E-state index in [1.54, 1.807) is 24.3 Å². The van der Waals surface area contributed by atoms with Gasteiger partial charge in [0.15, 0.2) is 0 Å². The molecule has 8 amide bonds. The van der Waals surface area contributed by atoms with Crippen molar-refractivity contribution in [2.24, 2.45) is 0 Å². The highest BCUT2D eigenvalue weighted by Gasteiger charge is 2.47. The first-order valence-electron chi connectivity index (χ1n) is 14.4. The third kappa shape index (κ3) is 5.31. The number of fused-ring (bicyclic) bond motifs is 2. The molecule has 0 aromatic heterocycles. The summed E-state index contributed by atoms with van der Waals surface area (Å²) in [5.41, 5.74) is 1.45. The number of nitrogens with one attached hydrogen (secondary N) is 4. The predicted octanol–water partition coefficient (Wildman–Crippen LogP) is 0.0296. The van der Waals surface area contributed by atoms with Gasteiger partial charge in [-0.3, -0.25) is 58.8 Å². The Kier molecular flexibility index (Phi) is 7.85. The smallest absolute Gasteiger partial charge is 0.264 e. The number of anilines is 2. The van der Waals surface area contributed by atoms with Gasteiger partial charge in [-0.25, -0.2) is 0 Å². The van der Waals surface area contributed by atoms with E-state index in [1.165, 1.54) is 12.1 Å². The minimum atomic E-state index is -1.06. The number of carbonyl (C=O) groups excluding carboxylic acids is 8. The SMILES string of the molecule is O=C1CCC(N2C(=O)c3cccc(NCCOCCNc4cccc5c4C(=O)N(C4CCC(=O)NC4=O)C5=O)c3C2=O)C(=O)N1. The highest BCUT2D eigenvalue weighted by Crippen LogP contribution is 2.33. The number of ether oxygens (including phenoxy) is 1. The van der Waals surface area contributed by atoms with E-state index in [-0.39, 0.29) is 74.2 Å². The predicted molar refractivity (Wildman–Crippen MR) is 154 cm³/mol. The Bertz CT molecular complexity index is 1570. The van der Waals surface area contributed by atoms with Crippen LogP contribution in [-0.4, -0.2) is 95.4 Å². The molecule has 232 valence electrons.